The molecule has 0 aliphatic heterocycles. The molecule has 28 heavy (non-hydrogen) atoms. The van der Waals surface area contributed by atoms with Crippen molar-refractivity contribution in [2.75, 3.05) is 13.6 Å². The molecule has 0 atom stereocenters. The summed E-state index contributed by atoms with van der Waals surface area (Å²) >= 11 is 0. The highest BCUT2D eigenvalue weighted by atomic mass is 19.1. The van der Waals surface area contributed by atoms with Crippen molar-refractivity contribution in [2.45, 2.75) is 46.5 Å². The van der Waals surface area contributed by atoms with E-state index in [2.05, 4.69) is 33.0 Å². The zero-order valence-electron chi connectivity index (χ0n) is 17.6. The third-order valence-corrected chi connectivity index (χ3v) is 3.47. The number of rotatable bonds is 6. The van der Waals surface area contributed by atoms with Crippen LogP contribution in [0.25, 0.3) is 0 Å². The average molecular weight is 393 g/mol. The Morgan fingerprint density at radius 3 is 1.50 bits per heavy atom. The molecule has 0 heterocycles. The van der Waals surface area contributed by atoms with Crippen LogP contribution in [0.15, 0.2) is 48.5 Å². The van der Waals surface area contributed by atoms with E-state index in [1.165, 1.54) is 24.3 Å². The second kappa shape index (κ2) is 14.7. The van der Waals surface area contributed by atoms with E-state index in [1.807, 2.05) is 0 Å². The van der Waals surface area contributed by atoms with Crippen LogP contribution in [0.2, 0.25) is 0 Å². The van der Waals surface area contributed by atoms with Crippen molar-refractivity contribution in [3.63, 3.8) is 0 Å². The minimum Gasteiger partial charge on any atom is -0.369 e. The SMILES string of the molecule is CC(C)C.CCCC(c1ccc(F)cc1)c1ccc(F)cc1.CNCC(N)=O. The van der Waals surface area contributed by atoms with Gasteiger partial charge in [0.2, 0.25) is 5.91 Å². The van der Waals surface area contributed by atoms with E-state index < -0.39 is 0 Å². The van der Waals surface area contributed by atoms with E-state index in [1.54, 1.807) is 31.3 Å². The van der Waals surface area contributed by atoms with Gasteiger partial charge in [-0.15, -0.1) is 0 Å². The maximum atomic E-state index is 12.9. The molecular formula is C23H34F2N2O. The van der Waals surface area contributed by atoms with Crippen molar-refractivity contribution in [3.8, 4) is 0 Å². The first kappa shape index (κ1) is 25.7. The molecule has 3 nitrogen and oxygen atoms in total. The standard InChI is InChI=1S/C16H16F2.C4H10.C3H8N2O/c1-2-3-16(12-4-8-14(17)9-5-12)13-6-10-15(18)11-7-13;1-4(2)3;1-5-2-3(4)6/h4-11,16H,2-3H2,1H3;4H,1-3H3;5H,2H2,1H3,(H2,4,6). The van der Waals surface area contributed by atoms with Crippen LogP contribution >= 0.6 is 0 Å². The van der Waals surface area contributed by atoms with Gasteiger partial charge in [-0.3, -0.25) is 4.79 Å². The maximum Gasteiger partial charge on any atom is 0.231 e. The number of nitrogens with one attached hydrogen (secondary N) is 1. The fraction of sp³-hybridized carbons (Fsp3) is 0.435. The van der Waals surface area contributed by atoms with Crippen molar-refractivity contribution in [3.05, 3.63) is 71.3 Å². The zero-order valence-corrected chi connectivity index (χ0v) is 17.6. The lowest BCUT2D eigenvalue weighted by Gasteiger charge is -2.17. The van der Waals surface area contributed by atoms with Crippen molar-refractivity contribution < 1.29 is 13.6 Å². The molecule has 0 unspecified atom stereocenters. The van der Waals surface area contributed by atoms with Crippen LogP contribution in [0.1, 0.15) is 57.6 Å². The normalized spacial score (nSPS) is 10.0. The van der Waals surface area contributed by atoms with E-state index in [0.717, 1.165) is 29.9 Å². The Morgan fingerprint density at radius 2 is 1.29 bits per heavy atom. The Morgan fingerprint density at radius 1 is 0.929 bits per heavy atom. The van der Waals surface area contributed by atoms with Gasteiger partial charge in [0.05, 0.1) is 6.54 Å². The third kappa shape index (κ3) is 12.2. The van der Waals surface area contributed by atoms with Gasteiger partial charge < -0.3 is 11.1 Å². The van der Waals surface area contributed by atoms with Gasteiger partial charge in [-0.05, 0) is 54.8 Å². The van der Waals surface area contributed by atoms with Gasteiger partial charge in [0, 0.05) is 5.92 Å². The molecule has 0 aromatic heterocycles. The topological polar surface area (TPSA) is 55.1 Å². The Balaban J connectivity index is 0.000000608. The minimum atomic E-state index is -0.322. The molecule has 156 valence electrons. The van der Waals surface area contributed by atoms with Crippen LogP contribution in [-0.2, 0) is 4.79 Å². The van der Waals surface area contributed by atoms with E-state index in [9.17, 15) is 13.6 Å². The number of nitrogens with two attached hydrogens (primary N) is 1. The summed E-state index contributed by atoms with van der Waals surface area (Å²) in [6.07, 6.45) is 2.00. The van der Waals surface area contributed by atoms with Crippen LogP contribution in [0.3, 0.4) is 0 Å². The molecule has 0 saturated carbocycles. The first-order valence-electron chi connectivity index (χ1n) is 9.65. The Hall–Kier alpha value is -2.27. The van der Waals surface area contributed by atoms with Crippen molar-refractivity contribution in [1.29, 1.82) is 0 Å². The van der Waals surface area contributed by atoms with Gasteiger partial charge in [-0.1, -0.05) is 58.4 Å². The molecule has 3 N–H and O–H groups in total. The summed E-state index contributed by atoms with van der Waals surface area (Å²) in [5.74, 6) is 0.259. The van der Waals surface area contributed by atoms with E-state index in [0.29, 0.717) is 0 Å². The van der Waals surface area contributed by atoms with E-state index in [4.69, 9.17) is 5.73 Å². The molecule has 0 aliphatic rings. The van der Waals surface area contributed by atoms with Gasteiger partial charge >= 0.3 is 0 Å². The number of amides is 1. The van der Waals surface area contributed by atoms with E-state index in [-0.39, 0.29) is 30.0 Å². The van der Waals surface area contributed by atoms with Crippen molar-refractivity contribution >= 4 is 5.91 Å². The predicted octanol–water partition coefficient (Wildman–Crippen LogP) is 5.25. The van der Waals surface area contributed by atoms with Crippen molar-refractivity contribution in [1.82, 2.24) is 5.32 Å². The molecule has 0 aliphatic carbocycles. The highest BCUT2D eigenvalue weighted by Gasteiger charge is 2.13. The van der Waals surface area contributed by atoms with Gasteiger partial charge in [0.15, 0.2) is 0 Å². The summed E-state index contributed by atoms with van der Waals surface area (Å²) in [7, 11) is 1.67. The molecule has 0 fully saturated rings. The summed E-state index contributed by atoms with van der Waals surface area (Å²) < 4.78 is 25.9. The first-order valence-corrected chi connectivity index (χ1v) is 9.65. The van der Waals surface area contributed by atoms with Gasteiger partial charge in [-0.25, -0.2) is 8.78 Å². The quantitative estimate of drug-likeness (QED) is 0.705. The molecule has 2 rings (SSSR count). The fourth-order valence-electron chi connectivity index (χ4n) is 2.38. The molecule has 2 aromatic rings. The lowest BCUT2D eigenvalue weighted by molar-refractivity contribution is -0.117. The van der Waals surface area contributed by atoms with Crippen LogP contribution in [0, 0.1) is 17.6 Å². The number of hydrogen-bond acceptors (Lipinski definition) is 2. The summed E-state index contributed by atoms with van der Waals surface area (Å²) in [5, 5.41) is 2.59. The number of hydrogen-bond donors (Lipinski definition) is 2. The molecule has 0 saturated heterocycles. The summed E-state index contributed by atoms with van der Waals surface area (Å²) in [6, 6.07) is 13.1. The Bertz CT molecular complexity index is 607. The summed E-state index contributed by atoms with van der Waals surface area (Å²) in [4.78, 5) is 9.76. The van der Waals surface area contributed by atoms with Crippen LogP contribution in [0.4, 0.5) is 8.78 Å². The minimum absolute atomic E-state index is 0.205. The summed E-state index contributed by atoms with van der Waals surface area (Å²) in [6.45, 7) is 8.88. The van der Waals surface area contributed by atoms with Gasteiger partial charge in [0.25, 0.3) is 0 Å². The number of likely N-dealkylation sites (N-methyl/N-ethyl adjacent to an activating group) is 1. The van der Waals surface area contributed by atoms with Crippen LogP contribution in [-0.4, -0.2) is 19.5 Å². The number of carbonyl (C=O) groups is 1. The summed E-state index contributed by atoms with van der Waals surface area (Å²) in [5.41, 5.74) is 6.85. The largest absolute Gasteiger partial charge is 0.369 e. The fourth-order valence-corrected chi connectivity index (χ4v) is 2.38. The number of carbonyl (C=O) groups excluding carboxylic acids is 1. The number of benzene rings is 2. The molecule has 0 radical (unpaired) electrons. The Labute approximate surface area is 168 Å². The molecule has 0 bridgehead atoms. The highest BCUT2D eigenvalue weighted by molar-refractivity contribution is 5.75. The Kier molecular flexibility index (Phi) is 13.6. The second-order valence-electron chi connectivity index (χ2n) is 7.17. The highest BCUT2D eigenvalue weighted by Crippen LogP contribution is 2.29. The van der Waals surface area contributed by atoms with Crippen molar-refractivity contribution in [2.24, 2.45) is 11.7 Å². The lowest BCUT2D eigenvalue weighted by atomic mass is 9.88. The van der Waals surface area contributed by atoms with E-state index >= 15 is 0 Å². The lowest BCUT2D eigenvalue weighted by Crippen LogP contribution is -2.25. The second-order valence-corrected chi connectivity index (χ2v) is 7.17. The zero-order chi connectivity index (χ0) is 21.5. The predicted molar refractivity (Wildman–Crippen MR) is 113 cm³/mol. The van der Waals surface area contributed by atoms with Crippen LogP contribution in [0.5, 0.6) is 0 Å². The monoisotopic (exact) mass is 392 g/mol. The molecular weight excluding hydrogens is 358 g/mol. The average Bonchev–Trinajstić information content (AvgIpc) is 2.61. The molecule has 5 heteroatoms. The molecule has 1 amide bonds. The smallest absolute Gasteiger partial charge is 0.231 e. The molecule has 0 spiro atoms. The molecule has 2 aromatic carbocycles. The van der Waals surface area contributed by atoms with Gasteiger partial charge in [-0.2, -0.15) is 0 Å². The first-order chi connectivity index (χ1) is 13.2. The van der Waals surface area contributed by atoms with Gasteiger partial charge in [0.1, 0.15) is 11.6 Å². The maximum absolute atomic E-state index is 12.9. The van der Waals surface area contributed by atoms with Crippen LogP contribution < -0.4 is 11.1 Å². The number of primary amides is 1. The number of halogens is 2. The third-order valence-electron chi connectivity index (χ3n) is 3.47.